The molecule has 10 heteroatoms. The molecule has 0 bridgehead atoms. The average molecular weight is 313 g/mol. The highest BCUT2D eigenvalue weighted by molar-refractivity contribution is 7.89. The van der Waals surface area contributed by atoms with Gasteiger partial charge in [-0.25, -0.2) is 13.1 Å². The fourth-order valence-electron chi connectivity index (χ4n) is 1.46. The zero-order valence-corrected chi connectivity index (χ0v) is 11.8. The van der Waals surface area contributed by atoms with E-state index in [0.29, 0.717) is 0 Å². The summed E-state index contributed by atoms with van der Waals surface area (Å²) in [6.45, 7) is 1.58. The zero-order chi connectivity index (χ0) is 14.8. The van der Waals surface area contributed by atoms with E-state index in [9.17, 15) is 8.42 Å². The first-order valence-electron chi connectivity index (χ1n) is 5.39. The van der Waals surface area contributed by atoms with Crippen LogP contribution in [0.15, 0.2) is 23.1 Å². The molecule has 1 heterocycles. The number of aromatic nitrogens is 4. The summed E-state index contributed by atoms with van der Waals surface area (Å²) in [5.74, 6) is 0.216. The van der Waals surface area contributed by atoms with Crippen molar-refractivity contribution < 1.29 is 8.42 Å². The highest BCUT2D eigenvalue weighted by atomic mass is 35.5. The second-order valence-electron chi connectivity index (χ2n) is 3.87. The molecule has 1 unspecified atom stereocenters. The van der Waals surface area contributed by atoms with E-state index < -0.39 is 16.1 Å². The van der Waals surface area contributed by atoms with E-state index in [1.165, 1.54) is 18.2 Å². The molecule has 0 fully saturated rings. The summed E-state index contributed by atoms with van der Waals surface area (Å²) in [6.07, 6.45) is 0. The van der Waals surface area contributed by atoms with E-state index in [1.54, 1.807) is 6.92 Å². The normalized spacial score (nSPS) is 12.8. The third kappa shape index (κ3) is 2.93. The van der Waals surface area contributed by atoms with Gasteiger partial charge in [0.2, 0.25) is 10.0 Å². The van der Waals surface area contributed by atoms with Crippen LogP contribution in [0.5, 0.6) is 0 Å². The van der Waals surface area contributed by atoms with Crippen LogP contribution in [-0.2, 0) is 10.0 Å². The largest absolute Gasteiger partial charge is 0.241 e. The molecule has 0 amide bonds. The van der Waals surface area contributed by atoms with Crippen molar-refractivity contribution in [1.29, 1.82) is 5.26 Å². The van der Waals surface area contributed by atoms with E-state index in [1.807, 2.05) is 6.07 Å². The van der Waals surface area contributed by atoms with E-state index >= 15 is 0 Å². The minimum atomic E-state index is -3.80. The van der Waals surface area contributed by atoms with Crippen molar-refractivity contribution in [1.82, 2.24) is 25.3 Å². The van der Waals surface area contributed by atoms with Crippen molar-refractivity contribution in [3.05, 3.63) is 34.6 Å². The fraction of sp³-hybridized carbons (Fsp3) is 0.200. The number of rotatable bonds is 4. The summed E-state index contributed by atoms with van der Waals surface area (Å²) in [6, 6.07) is 5.06. The molecule has 0 saturated heterocycles. The lowest BCUT2D eigenvalue weighted by Crippen LogP contribution is -2.27. The summed E-state index contributed by atoms with van der Waals surface area (Å²) in [5, 5.41) is 21.8. The summed E-state index contributed by atoms with van der Waals surface area (Å²) < 4.78 is 26.7. The number of aromatic amines is 1. The Kier molecular flexibility index (Phi) is 3.99. The van der Waals surface area contributed by atoms with Crippen molar-refractivity contribution in [2.24, 2.45) is 0 Å². The topological polar surface area (TPSA) is 124 Å². The highest BCUT2D eigenvalue weighted by Crippen LogP contribution is 2.21. The maximum Gasteiger partial charge on any atom is 0.241 e. The number of benzene rings is 1. The Balaban J connectivity index is 2.27. The van der Waals surface area contributed by atoms with Crippen LogP contribution in [0.2, 0.25) is 5.02 Å². The lowest BCUT2D eigenvalue weighted by Gasteiger charge is -2.11. The molecule has 0 saturated carbocycles. The third-order valence-corrected chi connectivity index (χ3v) is 4.30. The van der Waals surface area contributed by atoms with Gasteiger partial charge >= 0.3 is 0 Å². The van der Waals surface area contributed by atoms with Gasteiger partial charge in [0.05, 0.1) is 21.5 Å². The van der Waals surface area contributed by atoms with Crippen LogP contribution in [0.1, 0.15) is 24.4 Å². The van der Waals surface area contributed by atoms with E-state index in [4.69, 9.17) is 16.9 Å². The van der Waals surface area contributed by atoms with Crippen LogP contribution in [-0.4, -0.2) is 29.0 Å². The first kappa shape index (κ1) is 14.4. The Labute approximate surface area is 119 Å². The molecular weight excluding hydrogens is 304 g/mol. The number of sulfonamides is 1. The molecule has 0 aliphatic heterocycles. The molecule has 20 heavy (non-hydrogen) atoms. The highest BCUT2D eigenvalue weighted by Gasteiger charge is 2.21. The van der Waals surface area contributed by atoms with Crippen LogP contribution in [0.25, 0.3) is 0 Å². The predicted molar refractivity (Wildman–Crippen MR) is 69.1 cm³/mol. The summed E-state index contributed by atoms with van der Waals surface area (Å²) in [7, 11) is -3.80. The molecule has 2 N–H and O–H groups in total. The fourth-order valence-corrected chi connectivity index (χ4v) is 2.97. The smallest absolute Gasteiger partial charge is 0.207 e. The Bertz CT molecular complexity index is 753. The molecule has 2 rings (SSSR count). The van der Waals surface area contributed by atoms with Crippen LogP contribution < -0.4 is 4.72 Å². The van der Waals surface area contributed by atoms with Crippen LogP contribution in [0, 0.1) is 11.3 Å². The molecule has 104 valence electrons. The van der Waals surface area contributed by atoms with Gasteiger partial charge in [0, 0.05) is 0 Å². The maximum absolute atomic E-state index is 12.2. The Morgan fingerprint density at radius 1 is 1.50 bits per heavy atom. The first-order chi connectivity index (χ1) is 9.44. The summed E-state index contributed by atoms with van der Waals surface area (Å²) in [4.78, 5) is -0.0446. The lowest BCUT2D eigenvalue weighted by atomic mass is 10.2. The summed E-state index contributed by atoms with van der Waals surface area (Å²) >= 11 is 5.82. The SMILES string of the molecule is CC(NS(=O)(=O)c1ccc(C#N)c(Cl)c1)c1nn[nH]n1. The maximum atomic E-state index is 12.2. The molecule has 2 aromatic rings. The van der Waals surface area contributed by atoms with Crippen molar-refractivity contribution in [2.75, 3.05) is 0 Å². The second-order valence-corrected chi connectivity index (χ2v) is 5.99. The van der Waals surface area contributed by atoms with Crippen molar-refractivity contribution in [3.63, 3.8) is 0 Å². The minimum Gasteiger partial charge on any atom is -0.207 e. The van der Waals surface area contributed by atoms with Gasteiger partial charge < -0.3 is 0 Å². The van der Waals surface area contributed by atoms with E-state index in [-0.39, 0.29) is 21.3 Å². The number of nitrogens with zero attached hydrogens (tertiary/aromatic N) is 4. The summed E-state index contributed by atoms with van der Waals surface area (Å²) in [5.41, 5.74) is 0.205. The van der Waals surface area contributed by atoms with Crippen molar-refractivity contribution >= 4 is 21.6 Å². The van der Waals surface area contributed by atoms with Gasteiger partial charge in [0.25, 0.3) is 0 Å². The molecule has 0 radical (unpaired) electrons. The quantitative estimate of drug-likeness (QED) is 0.859. The molecule has 0 aliphatic rings. The number of nitrogens with one attached hydrogen (secondary N) is 2. The van der Waals surface area contributed by atoms with Gasteiger partial charge in [-0.2, -0.15) is 10.5 Å². The number of hydrogen-bond donors (Lipinski definition) is 2. The monoisotopic (exact) mass is 312 g/mol. The van der Waals surface area contributed by atoms with Gasteiger partial charge in [0.15, 0.2) is 5.82 Å². The number of H-pyrrole nitrogens is 1. The molecule has 0 spiro atoms. The molecule has 8 nitrogen and oxygen atoms in total. The molecule has 1 aromatic carbocycles. The molecule has 0 aliphatic carbocycles. The molecular formula is C10H9ClN6O2S. The van der Waals surface area contributed by atoms with Crippen LogP contribution in [0.4, 0.5) is 0 Å². The second kappa shape index (κ2) is 5.54. The Morgan fingerprint density at radius 3 is 2.80 bits per heavy atom. The van der Waals surface area contributed by atoms with Crippen molar-refractivity contribution in [2.45, 2.75) is 17.9 Å². The number of hydrogen-bond acceptors (Lipinski definition) is 6. The Morgan fingerprint density at radius 2 is 2.25 bits per heavy atom. The lowest BCUT2D eigenvalue weighted by molar-refractivity contribution is 0.560. The van der Waals surface area contributed by atoms with E-state index in [0.717, 1.165) is 0 Å². The number of tetrazole rings is 1. The van der Waals surface area contributed by atoms with E-state index in [2.05, 4.69) is 25.3 Å². The van der Waals surface area contributed by atoms with Gasteiger partial charge in [-0.15, -0.1) is 10.2 Å². The molecule has 1 aromatic heterocycles. The minimum absolute atomic E-state index is 0.0446. The number of nitriles is 1. The number of halogens is 1. The Hall–Kier alpha value is -2.02. The van der Waals surface area contributed by atoms with Crippen LogP contribution in [0.3, 0.4) is 0 Å². The average Bonchev–Trinajstić information content (AvgIpc) is 2.92. The van der Waals surface area contributed by atoms with Gasteiger partial charge in [-0.1, -0.05) is 16.8 Å². The van der Waals surface area contributed by atoms with Gasteiger partial charge in [0.1, 0.15) is 6.07 Å². The first-order valence-corrected chi connectivity index (χ1v) is 7.25. The third-order valence-electron chi connectivity index (χ3n) is 2.45. The standard InChI is InChI=1S/C10H9ClN6O2S/c1-6(10-13-16-17-14-10)15-20(18,19)8-3-2-7(5-12)9(11)4-8/h2-4,6,15H,1H3,(H,13,14,16,17). The van der Waals surface area contributed by atoms with Crippen LogP contribution >= 0.6 is 11.6 Å². The van der Waals surface area contributed by atoms with Crippen molar-refractivity contribution in [3.8, 4) is 6.07 Å². The molecule has 1 atom stereocenters. The van der Waals surface area contributed by atoms with Gasteiger partial charge in [-0.3, -0.25) is 0 Å². The van der Waals surface area contributed by atoms with Gasteiger partial charge in [-0.05, 0) is 25.1 Å². The predicted octanol–water partition coefficient (Wildman–Crippen LogP) is 0.764. The zero-order valence-electron chi connectivity index (χ0n) is 10.2.